The number of carbonyl (C=O) groups is 1. The molecule has 0 bridgehead atoms. The van der Waals surface area contributed by atoms with Crippen LogP contribution in [0.5, 0.6) is 5.75 Å². The summed E-state index contributed by atoms with van der Waals surface area (Å²) in [7, 11) is 0. The Bertz CT molecular complexity index is 633. The maximum Gasteiger partial charge on any atom is 0.418 e. The molecule has 1 saturated heterocycles. The second-order valence-corrected chi connectivity index (χ2v) is 5.52. The highest BCUT2D eigenvalue weighted by atomic mass is 19.4. The lowest BCUT2D eigenvalue weighted by atomic mass is 10.1. The number of ether oxygens (including phenoxy) is 1. The van der Waals surface area contributed by atoms with Crippen molar-refractivity contribution in [3.63, 3.8) is 0 Å². The second-order valence-electron chi connectivity index (χ2n) is 5.52. The third-order valence-corrected chi connectivity index (χ3v) is 4.11. The molecule has 124 valence electrons. The van der Waals surface area contributed by atoms with E-state index in [4.69, 9.17) is 4.74 Å². The molecule has 1 aromatic rings. The number of piperazine rings is 1. The number of nitrogens with zero attached hydrogens (tertiary/aromatic N) is 3. The molecule has 2 aliphatic rings. The molecule has 3 heterocycles. The van der Waals surface area contributed by atoms with E-state index in [0.717, 1.165) is 12.3 Å². The second kappa shape index (κ2) is 5.75. The number of pyridine rings is 1. The summed E-state index contributed by atoms with van der Waals surface area (Å²) in [5, 5.41) is 0. The van der Waals surface area contributed by atoms with Gasteiger partial charge in [0.05, 0.1) is 18.2 Å². The Morgan fingerprint density at radius 1 is 1.43 bits per heavy atom. The standard InChI is InChI=1S/C15H16F3N3O2/c1-2-13(22)20-4-5-21-11(9-20)3-6-23-12-7-10(15(16,17)18)8-19-14(12)21/h2,7-8,11H,1,3-6,9H2/t11-/m1/s1. The predicted octanol–water partition coefficient (Wildman–Crippen LogP) is 2.09. The molecule has 0 radical (unpaired) electrons. The summed E-state index contributed by atoms with van der Waals surface area (Å²) in [6.07, 6.45) is -1.75. The lowest BCUT2D eigenvalue weighted by Gasteiger charge is -2.40. The van der Waals surface area contributed by atoms with E-state index in [2.05, 4.69) is 11.6 Å². The van der Waals surface area contributed by atoms with E-state index in [1.165, 1.54) is 6.08 Å². The number of hydrogen-bond donors (Lipinski definition) is 0. The summed E-state index contributed by atoms with van der Waals surface area (Å²) in [4.78, 5) is 19.3. The third kappa shape index (κ3) is 2.97. The SMILES string of the molecule is C=CC(=O)N1CCN2c3ncc(C(F)(F)F)cc3OCC[C@@H]2C1. The third-order valence-electron chi connectivity index (χ3n) is 4.11. The van der Waals surface area contributed by atoms with Crippen molar-refractivity contribution in [1.82, 2.24) is 9.88 Å². The molecular weight excluding hydrogens is 311 g/mol. The molecule has 5 nitrogen and oxygen atoms in total. The Kier molecular flexibility index (Phi) is 3.91. The van der Waals surface area contributed by atoms with Gasteiger partial charge in [-0.1, -0.05) is 6.58 Å². The van der Waals surface area contributed by atoms with Crippen molar-refractivity contribution >= 4 is 11.7 Å². The zero-order valence-corrected chi connectivity index (χ0v) is 12.3. The minimum Gasteiger partial charge on any atom is -0.490 e. The van der Waals surface area contributed by atoms with E-state index in [1.807, 2.05) is 4.90 Å². The molecule has 1 fully saturated rings. The fraction of sp³-hybridized carbons (Fsp3) is 0.467. The average Bonchev–Trinajstić information content (AvgIpc) is 2.71. The Morgan fingerprint density at radius 2 is 2.22 bits per heavy atom. The first-order valence-corrected chi connectivity index (χ1v) is 7.28. The summed E-state index contributed by atoms with van der Waals surface area (Å²) < 4.78 is 43.9. The number of halogens is 3. The molecule has 23 heavy (non-hydrogen) atoms. The highest BCUT2D eigenvalue weighted by Gasteiger charge is 2.36. The number of rotatable bonds is 1. The van der Waals surface area contributed by atoms with Crippen molar-refractivity contribution in [2.45, 2.75) is 18.6 Å². The fourth-order valence-corrected chi connectivity index (χ4v) is 2.93. The maximum atomic E-state index is 12.8. The predicted molar refractivity (Wildman–Crippen MR) is 77.3 cm³/mol. The van der Waals surface area contributed by atoms with E-state index in [9.17, 15) is 18.0 Å². The van der Waals surface area contributed by atoms with Gasteiger partial charge in [0, 0.05) is 32.3 Å². The topological polar surface area (TPSA) is 45.7 Å². The minimum absolute atomic E-state index is 0.0295. The number of anilines is 1. The maximum absolute atomic E-state index is 12.8. The normalized spacial score (nSPS) is 20.9. The number of alkyl halides is 3. The van der Waals surface area contributed by atoms with E-state index in [-0.39, 0.29) is 24.3 Å². The van der Waals surface area contributed by atoms with Crippen LogP contribution in [-0.4, -0.2) is 48.1 Å². The van der Waals surface area contributed by atoms with E-state index in [1.54, 1.807) is 4.90 Å². The van der Waals surface area contributed by atoms with Crippen LogP contribution >= 0.6 is 0 Å². The molecule has 1 atom stereocenters. The molecule has 0 N–H and O–H groups in total. The van der Waals surface area contributed by atoms with E-state index < -0.39 is 11.7 Å². The van der Waals surface area contributed by atoms with Crippen LogP contribution in [0.3, 0.4) is 0 Å². The summed E-state index contributed by atoms with van der Waals surface area (Å²) in [5.41, 5.74) is -0.824. The summed E-state index contributed by atoms with van der Waals surface area (Å²) in [5.74, 6) is 0.410. The van der Waals surface area contributed by atoms with Gasteiger partial charge in [-0.25, -0.2) is 4.98 Å². The van der Waals surface area contributed by atoms with Gasteiger partial charge in [-0.2, -0.15) is 13.2 Å². The Morgan fingerprint density at radius 3 is 2.91 bits per heavy atom. The number of hydrogen-bond acceptors (Lipinski definition) is 4. The van der Waals surface area contributed by atoms with Gasteiger partial charge in [0.15, 0.2) is 11.6 Å². The van der Waals surface area contributed by atoms with Gasteiger partial charge in [0.1, 0.15) is 0 Å². The number of amides is 1. The first-order chi connectivity index (χ1) is 10.9. The Labute approximate surface area is 131 Å². The van der Waals surface area contributed by atoms with Gasteiger partial charge in [-0.15, -0.1) is 0 Å². The van der Waals surface area contributed by atoms with Crippen LogP contribution in [0.4, 0.5) is 19.0 Å². The van der Waals surface area contributed by atoms with Crippen LogP contribution in [0.15, 0.2) is 24.9 Å². The van der Waals surface area contributed by atoms with Gasteiger partial charge in [0.2, 0.25) is 5.91 Å². The fourth-order valence-electron chi connectivity index (χ4n) is 2.93. The highest BCUT2D eigenvalue weighted by molar-refractivity contribution is 5.87. The molecule has 2 aliphatic heterocycles. The number of carbonyl (C=O) groups excluding carboxylic acids is 1. The van der Waals surface area contributed by atoms with Crippen LogP contribution in [0.1, 0.15) is 12.0 Å². The lowest BCUT2D eigenvalue weighted by Crippen LogP contribution is -2.54. The molecular formula is C15H16F3N3O2. The molecule has 8 heteroatoms. The van der Waals surface area contributed by atoms with Crippen LogP contribution in [0, 0.1) is 0 Å². The van der Waals surface area contributed by atoms with Gasteiger partial charge in [-0.05, 0) is 12.1 Å². The van der Waals surface area contributed by atoms with E-state index in [0.29, 0.717) is 31.9 Å². The summed E-state index contributed by atoms with van der Waals surface area (Å²) >= 11 is 0. The van der Waals surface area contributed by atoms with Crippen LogP contribution in [0.2, 0.25) is 0 Å². The van der Waals surface area contributed by atoms with Crippen molar-refractivity contribution in [2.75, 3.05) is 31.1 Å². The molecule has 3 rings (SSSR count). The molecule has 0 aromatic carbocycles. The van der Waals surface area contributed by atoms with Gasteiger partial charge in [0.25, 0.3) is 0 Å². The molecule has 1 amide bonds. The van der Waals surface area contributed by atoms with Gasteiger partial charge < -0.3 is 14.5 Å². The molecule has 0 aliphatic carbocycles. The van der Waals surface area contributed by atoms with Crippen molar-refractivity contribution in [3.05, 3.63) is 30.5 Å². The Hall–Kier alpha value is -2.25. The van der Waals surface area contributed by atoms with E-state index >= 15 is 0 Å². The molecule has 0 unspecified atom stereocenters. The molecule has 1 aromatic heterocycles. The Balaban J connectivity index is 1.88. The lowest BCUT2D eigenvalue weighted by molar-refractivity contribution is -0.138. The van der Waals surface area contributed by atoms with Gasteiger partial charge >= 0.3 is 6.18 Å². The van der Waals surface area contributed by atoms with Crippen molar-refractivity contribution in [1.29, 1.82) is 0 Å². The van der Waals surface area contributed by atoms with Crippen LogP contribution in [-0.2, 0) is 11.0 Å². The highest BCUT2D eigenvalue weighted by Crippen LogP contribution is 2.37. The quantitative estimate of drug-likeness (QED) is 0.741. The minimum atomic E-state index is -4.45. The zero-order chi connectivity index (χ0) is 16.6. The van der Waals surface area contributed by atoms with Crippen molar-refractivity contribution < 1.29 is 22.7 Å². The largest absolute Gasteiger partial charge is 0.490 e. The van der Waals surface area contributed by atoms with Gasteiger partial charge in [-0.3, -0.25) is 4.79 Å². The van der Waals surface area contributed by atoms with Crippen LogP contribution < -0.4 is 9.64 Å². The van der Waals surface area contributed by atoms with Crippen molar-refractivity contribution in [3.8, 4) is 5.75 Å². The summed E-state index contributed by atoms with van der Waals surface area (Å²) in [6, 6.07) is 0.963. The summed E-state index contributed by atoms with van der Waals surface area (Å²) in [6.45, 7) is 5.22. The zero-order valence-electron chi connectivity index (χ0n) is 12.3. The molecule has 0 saturated carbocycles. The number of aromatic nitrogens is 1. The monoisotopic (exact) mass is 327 g/mol. The van der Waals surface area contributed by atoms with Crippen LogP contribution in [0.25, 0.3) is 0 Å². The smallest absolute Gasteiger partial charge is 0.418 e. The average molecular weight is 327 g/mol. The first-order valence-electron chi connectivity index (χ1n) is 7.28. The molecule has 0 spiro atoms. The first kappa shape index (κ1) is 15.6. The van der Waals surface area contributed by atoms with Crippen molar-refractivity contribution in [2.24, 2.45) is 0 Å². The number of fused-ring (bicyclic) bond motifs is 3.